The summed E-state index contributed by atoms with van der Waals surface area (Å²) in [7, 11) is 3.23. The normalized spacial score (nSPS) is 12.2. The molecule has 2 aromatic rings. The molecule has 1 atom stereocenters. The molecule has 0 radical (unpaired) electrons. The van der Waals surface area contributed by atoms with Gasteiger partial charge in [0.1, 0.15) is 0 Å². The van der Waals surface area contributed by atoms with Crippen molar-refractivity contribution in [1.29, 1.82) is 0 Å². The number of hydrogen-bond acceptors (Lipinski definition) is 4. The van der Waals surface area contributed by atoms with Gasteiger partial charge in [-0.05, 0) is 30.2 Å². The molecular formula is C14H19N3O2. The van der Waals surface area contributed by atoms with Crippen molar-refractivity contribution in [2.75, 3.05) is 14.2 Å². The molecule has 0 saturated heterocycles. The maximum absolute atomic E-state index is 6.19. The molecule has 0 fully saturated rings. The quantitative estimate of drug-likeness (QED) is 0.893. The van der Waals surface area contributed by atoms with Crippen LogP contribution in [0.1, 0.15) is 17.2 Å². The average molecular weight is 261 g/mol. The van der Waals surface area contributed by atoms with E-state index in [1.54, 1.807) is 14.2 Å². The van der Waals surface area contributed by atoms with Crippen molar-refractivity contribution in [2.45, 2.75) is 19.5 Å². The third-order valence-electron chi connectivity index (χ3n) is 2.98. The van der Waals surface area contributed by atoms with E-state index in [0.717, 1.165) is 11.1 Å². The van der Waals surface area contributed by atoms with Crippen molar-refractivity contribution in [1.82, 2.24) is 9.78 Å². The molecule has 0 amide bonds. The molecule has 1 unspecified atom stereocenters. The Hall–Kier alpha value is -2.01. The predicted molar refractivity (Wildman–Crippen MR) is 73.4 cm³/mol. The first-order chi connectivity index (χ1) is 9.13. The Morgan fingerprint density at radius 3 is 2.58 bits per heavy atom. The van der Waals surface area contributed by atoms with Crippen LogP contribution in [0, 0.1) is 6.92 Å². The number of rotatable bonds is 5. The second kappa shape index (κ2) is 5.75. The SMILES string of the molecule is COc1ccc(C(N)Cn2cc(C)cn2)cc1OC. The summed E-state index contributed by atoms with van der Waals surface area (Å²) in [6, 6.07) is 5.57. The highest BCUT2D eigenvalue weighted by atomic mass is 16.5. The van der Waals surface area contributed by atoms with Gasteiger partial charge in [-0.2, -0.15) is 5.10 Å². The summed E-state index contributed by atoms with van der Waals surface area (Å²) in [5.74, 6) is 1.39. The number of aromatic nitrogens is 2. The fourth-order valence-corrected chi connectivity index (χ4v) is 1.96. The molecule has 2 N–H and O–H groups in total. The number of ether oxygens (including phenoxy) is 2. The van der Waals surface area contributed by atoms with Gasteiger partial charge in [-0.25, -0.2) is 0 Å². The lowest BCUT2D eigenvalue weighted by Crippen LogP contribution is -2.18. The van der Waals surface area contributed by atoms with Crippen molar-refractivity contribution < 1.29 is 9.47 Å². The van der Waals surface area contributed by atoms with E-state index in [1.807, 2.05) is 42.2 Å². The molecule has 0 saturated carbocycles. The molecule has 19 heavy (non-hydrogen) atoms. The zero-order chi connectivity index (χ0) is 13.8. The maximum Gasteiger partial charge on any atom is 0.161 e. The van der Waals surface area contributed by atoms with E-state index >= 15 is 0 Å². The zero-order valence-corrected chi connectivity index (χ0v) is 11.5. The van der Waals surface area contributed by atoms with Gasteiger partial charge in [-0.1, -0.05) is 6.07 Å². The minimum atomic E-state index is -0.140. The van der Waals surface area contributed by atoms with Gasteiger partial charge in [-0.3, -0.25) is 4.68 Å². The summed E-state index contributed by atoms with van der Waals surface area (Å²) in [5.41, 5.74) is 8.31. The van der Waals surface area contributed by atoms with Crippen LogP contribution in [0.15, 0.2) is 30.6 Å². The molecule has 5 heteroatoms. The van der Waals surface area contributed by atoms with Crippen LogP contribution >= 0.6 is 0 Å². The molecule has 0 aliphatic carbocycles. The van der Waals surface area contributed by atoms with Gasteiger partial charge in [0, 0.05) is 12.2 Å². The molecule has 0 aliphatic heterocycles. The number of methoxy groups -OCH3 is 2. The van der Waals surface area contributed by atoms with Crippen LogP contribution in [-0.2, 0) is 6.54 Å². The highest BCUT2D eigenvalue weighted by molar-refractivity contribution is 5.43. The van der Waals surface area contributed by atoms with Crippen LogP contribution in [0.2, 0.25) is 0 Å². The summed E-state index contributed by atoms with van der Waals surface area (Å²) in [4.78, 5) is 0. The van der Waals surface area contributed by atoms with Gasteiger partial charge in [0.2, 0.25) is 0 Å². The number of nitrogens with zero attached hydrogens (tertiary/aromatic N) is 2. The molecule has 1 heterocycles. The molecule has 1 aromatic carbocycles. The average Bonchev–Trinajstić information content (AvgIpc) is 2.83. The fourth-order valence-electron chi connectivity index (χ4n) is 1.96. The van der Waals surface area contributed by atoms with E-state index in [2.05, 4.69) is 5.10 Å². The monoisotopic (exact) mass is 261 g/mol. The van der Waals surface area contributed by atoms with Crippen molar-refractivity contribution in [3.05, 3.63) is 41.7 Å². The van der Waals surface area contributed by atoms with Gasteiger partial charge in [0.05, 0.1) is 27.0 Å². The Morgan fingerprint density at radius 1 is 1.26 bits per heavy atom. The molecular weight excluding hydrogens is 242 g/mol. The topological polar surface area (TPSA) is 62.3 Å². The highest BCUT2D eigenvalue weighted by Crippen LogP contribution is 2.29. The van der Waals surface area contributed by atoms with Gasteiger partial charge in [0.25, 0.3) is 0 Å². The van der Waals surface area contributed by atoms with Crippen molar-refractivity contribution >= 4 is 0 Å². The minimum Gasteiger partial charge on any atom is -0.493 e. The van der Waals surface area contributed by atoms with Crippen LogP contribution < -0.4 is 15.2 Å². The standard InChI is InChI=1S/C14H19N3O2/c1-10-7-16-17(8-10)9-12(15)11-4-5-13(18-2)14(6-11)19-3/h4-8,12H,9,15H2,1-3H3. The molecule has 0 aliphatic rings. The van der Waals surface area contributed by atoms with E-state index in [-0.39, 0.29) is 6.04 Å². The van der Waals surface area contributed by atoms with Gasteiger partial charge in [-0.15, -0.1) is 0 Å². The van der Waals surface area contributed by atoms with Gasteiger partial charge < -0.3 is 15.2 Å². The molecule has 2 rings (SSSR count). The first-order valence-corrected chi connectivity index (χ1v) is 6.10. The summed E-state index contributed by atoms with van der Waals surface area (Å²) in [6.45, 7) is 2.63. The van der Waals surface area contributed by atoms with Gasteiger partial charge in [0.15, 0.2) is 11.5 Å². The highest BCUT2D eigenvalue weighted by Gasteiger charge is 2.11. The van der Waals surface area contributed by atoms with Crippen LogP contribution in [0.4, 0.5) is 0 Å². The third kappa shape index (κ3) is 3.06. The molecule has 5 nitrogen and oxygen atoms in total. The second-order valence-electron chi connectivity index (χ2n) is 4.46. The van der Waals surface area contributed by atoms with Gasteiger partial charge >= 0.3 is 0 Å². The molecule has 0 spiro atoms. The first kappa shape index (κ1) is 13.4. The van der Waals surface area contributed by atoms with Crippen LogP contribution in [-0.4, -0.2) is 24.0 Å². The lowest BCUT2D eigenvalue weighted by atomic mass is 10.1. The summed E-state index contributed by atoms with van der Waals surface area (Å²) >= 11 is 0. The predicted octanol–water partition coefficient (Wildman–Crippen LogP) is 1.91. The Labute approximate surface area is 112 Å². The summed E-state index contributed by atoms with van der Waals surface area (Å²) < 4.78 is 12.3. The largest absolute Gasteiger partial charge is 0.493 e. The van der Waals surface area contributed by atoms with E-state index in [9.17, 15) is 0 Å². The third-order valence-corrected chi connectivity index (χ3v) is 2.98. The summed E-state index contributed by atoms with van der Waals surface area (Å²) in [5, 5.41) is 4.24. The van der Waals surface area contributed by atoms with Crippen LogP contribution in [0.5, 0.6) is 11.5 Å². The lowest BCUT2D eigenvalue weighted by molar-refractivity contribution is 0.354. The number of hydrogen-bond donors (Lipinski definition) is 1. The maximum atomic E-state index is 6.19. The Morgan fingerprint density at radius 2 is 2.00 bits per heavy atom. The van der Waals surface area contributed by atoms with Crippen LogP contribution in [0.3, 0.4) is 0 Å². The molecule has 0 bridgehead atoms. The Balaban J connectivity index is 2.16. The zero-order valence-electron chi connectivity index (χ0n) is 11.5. The number of aryl methyl sites for hydroxylation is 1. The fraction of sp³-hybridized carbons (Fsp3) is 0.357. The van der Waals surface area contributed by atoms with Crippen LogP contribution in [0.25, 0.3) is 0 Å². The Bertz CT molecular complexity index is 551. The van der Waals surface area contributed by atoms with E-state index in [4.69, 9.17) is 15.2 Å². The van der Waals surface area contributed by atoms with Crippen molar-refractivity contribution in [2.24, 2.45) is 5.73 Å². The molecule has 102 valence electrons. The van der Waals surface area contributed by atoms with E-state index < -0.39 is 0 Å². The van der Waals surface area contributed by atoms with Crippen molar-refractivity contribution in [3.63, 3.8) is 0 Å². The van der Waals surface area contributed by atoms with E-state index in [1.165, 1.54) is 0 Å². The molecule has 1 aromatic heterocycles. The number of nitrogens with two attached hydrogens (primary N) is 1. The summed E-state index contributed by atoms with van der Waals surface area (Å²) in [6.07, 6.45) is 3.79. The number of benzene rings is 1. The lowest BCUT2D eigenvalue weighted by Gasteiger charge is -2.15. The smallest absolute Gasteiger partial charge is 0.161 e. The second-order valence-corrected chi connectivity index (χ2v) is 4.46. The minimum absolute atomic E-state index is 0.140. The Kier molecular flexibility index (Phi) is 4.06. The first-order valence-electron chi connectivity index (χ1n) is 6.10. The van der Waals surface area contributed by atoms with E-state index in [0.29, 0.717) is 18.0 Å². The van der Waals surface area contributed by atoms with Crippen molar-refractivity contribution in [3.8, 4) is 11.5 Å².